The molecule has 176 valence electrons. The highest BCUT2D eigenvalue weighted by Crippen LogP contribution is 2.26. The molecule has 0 atom stereocenters. The number of hydrogen-bond donors (Lipinski definition) is 3. The maximum atomic E-state index is 11.7. The second-order valence-electron chi connectivity index (χ2n) is 8.30. The summed E-state index contributed by atoms with van der Waals surface area (Å²) in [7, 11) is -1.32. The van der Waals surface area contributed by atoms with Crippen molar-refractivity contribution >= 4 is 43.8 Å². The lowest BCUT2D eigenvalue weighted by atomic mass is 9.99. The van der Waals surface area contributed by atoms with E-state index in [1.807, 2.05) is 36.9 Å². The van der Waals surface area contributed by atoms with Crippen molar-refractivity contribution < 1.29 is 8.42 Å². The number of fused-ring (bicyclic) bond motifs is 1. The third kappa shape index (κ3) is 4.76. The van der Waals surface area contributed by atoms with Gasteiger partial charge in [0.2, 0.25) is 5.96 Å². The number of aliphatic imine (C=N–C) groups is 2. The second kappa shape index (κ2) is 8.86. The molecule has 10 heteroatoms. The summed E-state index contributed by atoms with van der Waals surface area (Å²) in [5, 5.41) is 20.4. The molecule has 0 unspecified atom stereocenters. The molecule has 1 aromatic heterocycles. The molecule has 0 spiro atoms. The van der Waals surface area contributed by atoms with Crippen LogP contribution in [0.25, 0.3) is 16.5 Å². The fraction of sp³-hybridized carbons (Fsp3) is 0.250. The summed E-state index contributed by atoms with van der Waals surface area (Å²) in [5.41, 5.74) is 4.77. The molecule has 0 amide bonds. The van der Waals surface area contributed by atoms with Crippen molar-refractivity contribution in [3.05, 3.63) is 65.1 Å². The Morgan fingerprint density at radius 1 is 1.12 bits per heavy atom. The SMILES string of the molecule is CC(=N)/C(=C1/N=C(C)N=C(NCc2ccc(S(C)(=O)=O)cc2)N1)c1ccc2c(c1)c(C)nn2C. The van der Waals surface area contributed by atoms with Crippen LogP contribution in [0.1, 0.15) is 30.7 Å². The lowest BCUT2D eigenvalue weighted by Crippen LogP contribution is -2.39. The maximum absolute atomic E-state index is 11.7. The number of nitrogens with one attached hydrogen (secondary N) is 3. The van der Waals surface area contributed by atoms with Crippen molar-refractivity contribution in [2.45, 2.75) is 32.2 Å². The Labute approximate surface area is 198 Å². The van der Waals surface area contributed by atoms with Crippen LogP contribution < -0.4 is 10.6 Å². The summed E-state index contributed by atoms with van der Waals surface area (Å²) in [6, 6.07) is 12.7. The van der Waals surface area contributed by atoms with Gasteiger partial charge in [0.15, 0.2) is 9.84 Å². The Morgan fingerprint density at radius 3 is 2.47 bits per heavy atom. The van der Waals surface area contributed by atoms with E-state index in [1.165, 1.54) is 6.26 Å². The van der Waals surface area contributed by atoms with Crippen LogP contribution in [0, 0.1) is 12.3 Å². The van der Waals surface area contributed by atoms with Crippen LogP contribution in [-0.4, -0.2) is 42.0 Å². The number of amidine groups is 1. The van der Waals surface area contributed by atoms with Crippen LogP contribution in [-0.2, 0) is 23.4 Å². The summed E-state index contributed by atoms with van der Waals surface area (Å²) in [5.74, 6) is 1.60. The zero-order valence-electron chi connectivity index (χ0n) is 19.8. The summed E-state index contributed by atoms with van der Waals surface area (Å²) < 4.78 is 25.2. The van der Waals surface area contributed by atoms with E-state index in [-0.39, 0.29) is 4.90 Å². The third-order valence-electron chi connectivity index (χ3n) is 5.53. The van der Waals surface area contributed by atoms with E-state index in [4.69, 9.17) is 5.41 Å². The molecule has 0 aliphatic carbocycles. The monoisotopic (exact) mass is 477 g/mol. The number of sulfone groups is 1. The van der Waals surface area contributed by atoms with Crippen LogP contribution >= 0.6 is 0 Å². The lowest BCUT2D eigenvalue weighted by Gasteiger charge is -2.20. The smallest absolute Gasteiger partial charge is 0.203 e. The Kier molecular flexibility index (Phi) is 6.09. The number of hydrogen-bond acceptors (Lipinski definition) is 8. The topological polar surface area (TPSA) is 125 Å². The first kappa shape index (κ1) is 23.4. The first-order chi connectivity index (χ1) is 16.0. The predicted molar refractivity (Wildman–Crippen MR) is 136 cm³/mol. The van der Waals surface area contributed by atoms with Crippen molar-refractivity contribution in [2.75, 3.05) is 6.26 Å². The van der Waals surface area contributed by atoms with Crippen LogP contribution in [0.15, 0.2) is 63.2 Å². The number of nitrogens with zero attached hydrogens (tertiary/aromatic N) is 4. The minimum Gasteiger partial charge on any atom is -0.352 e. The van der Waals surface area contributed by atoms with Crippen molar-refractivity contribution in [3.8, 4) is 0 Å². The fourth-order valence-electron chi connectivity index (χ4n) is 3.89. The molecule has 0 bridgehead atoms. The highest BCUT2D eigenvalue weighted by Gasteiger charge is 2.18. The van der Waals surface area contributed by atoms with E-state index < -0.39 is 9.84 Å². The van der Waals surface area contributed by atoms with E-state index in [1.54, 1.807) is 38.1 Å². The molecule has 34 heavy (non-hydrogen) atoms. The van der Waals surface area contributed by atoms with Crippen molar-refractivity contribution in [1.82, 2.24) is 20.4 Å². The largest absolute Gasteiger partial charge is 0.352 e. The van der Waals surface area contributed by atoms with E-state index in [2.05, 4.69) is 25.7 Å². The first-order valence-electron chi connectivity index (χ1n) is 10.7. The first-order valence-corrected chi connectivity index (χ1v) is 12.6. The quantitative estimate of drug-likeness (QED) is 0.487. The summed E-state index contributed by atoms with van der Waals surface area (Å²) >= 11 is 0. The summed E-state index contributed by atoms with van der Waals surface area (Å²) in [4.78, 5) is 9.28. The van der Waals surface area contributed by atoms with Gasteiger partial charge >= 0.3 is 0 Å². The number of allylic oxidation sites excluding steroid dienone is 1. The van der Waals surface area contributed by atoms with Gasteiger partial charge in [0.25, 0.3) is 0 Å². The van der Waals surface area contributed by atoms with Gasteiger partial charge in [0.05, 0.1) is 16.1 Å². The van der Waals surface area contributed by atoms with Gasteiger partial charge in [0.1, 0.15) is 11.7 Å². The molecule has 2 aromatic carbocycles. The number of aryl methyl sites for hydroxylation is 2. The molecule has 0 saturated heterocycles. The minimum atomic E-state index is -3.23. The molecule has 4 rings (SSSR count). The lowest BCUT2D eigenvalue weighted by molar-refractivity contribution is 0.602. The highest BCUT2D eigenvalue weighted by molar-refractivity contribution is 7.90. The Balaban J connectivity index is 1.61. The highest BCUT2D eigenvalue weighted by atomic mass is 32.2. The Morgan fingerprint density at radius 2 is 1.82 bits per heavy atom. The van der Waals surface area contributed by atoms with Crippen LogP contribution in [0.5, 0.6) is 0 Å². The molecule has 0 radical (unpaired) electrons. The molecule has 1 aliphatic rings. The van der Waals surface area contributed by atoms with Gasteiger partial charge in [-0.3, -0.25) is 4.68 Å². The van der Waals surface area contributed by atoms with Gasteiger partial charge in [-0.25, -0.2) is 13.4 Å². The molecule has 1 aliphatic heterocycles. The van der Waals surface area contributed by atoms with Crippen LogP contribution in [0.3, 0.4) is 0 Å². The average molecular weight is 478 g/mol. The normalized spacial score (nSPS) is 15.4. The third-order valence-corrected chi connectivity index (χ3v) is 6.66. The number of rotatable bonds is 5. The number of benzene rings is 2. The van der Waals surface area contributed by atoms with Crippen molar-refractivity contribution in [3.63, 3.8) is 0 Å². The number of aromatic nitrogens is 2. The van der Waals surface area contributed by atoms with Gasteiger partial charge in [-0.15, -0.1) is 0 Å². The van der Waals surface area contributed by atoms with Gasteiger partial charge in [-0.1, -0.05) is 18.2 Å². The summed E-state index contributed by atoms with van der Waals surface area (Å²) in [6.07, 6.45) is 1.19. The van der Waals surface area contributed by atoms with E-state index in [0.717, 1.165) is 27.7 Å². The second-order valence-corrected chi connectivity index (χ2v) is 10.3. The van der Waals surface area contributed by atoms with E-state index in [9.17, 15) is 8.42 Å². The fourth-order valence-corrected chi connectivity index (χ4v) is 4.52. The van der Waals surface area contributed by atoms with Crippen LogP contribution in [0.4, 0.5) is 0 Å². The molecule has 0 fully saturated rings. The Hall–Kier alpha value is -3.79. The zero-order valence-corrected chi connectivity index (χ0v) is 20.6. The van der Waals surface area contributed by atoms with Gasteiger partial charge in [0, 0.05) is 36.5 Å². The Bertz CT molecular complexity index is 1490. The van der Waals surface area contributed by atoms with E-state index in [0.29, 0.717) is 35.4 Å². The van der Waals surface area contributed by atoms with Gasteiger partial charge in [-0.2, -0.15) is 10.1 Å². The molecular formula is C24H27N7O2S. The van der Waals surface area contributed by atoms with Crippen molar-refractivity contribution in [2.24, 2.45) is 17.0 Å². The molecule has 9 nitrogen and oxygen atoms in total. The van der Waals surface area contributed by atoms with Gasteiger partial charge < -0.3 is 16.0 Å². The standard InChI is InChI=1S/C24H27N7O2S/c1-14(25)22(18-8-11-21-20(12-18)15(2)30-31(21)4)23-27-16(3)28-24(29-23)26-13-17-6-9-19(10-7-17)34(5,32)33/h6-12,25H,13H2,1-5H3,(H2,26,27,28,29)/b23-22+,25-14?. The summed E-state index contributed by atoms with van der Waals surface area (Å²) in [6.45, 7) is 5.94. The van der Waals surface area contributed by atoms with Crippen LogP contribution in [0.2, 0.25) is 0 Å². The molecule has 3 N–H and O–H groups in total. The van der Waals surface area contributed by atoms with Crippen molar-refractivity contribution in [1.29, 1.82) is 5.41 Å². The minimum absolute atomic E-state index is 0.282. The molecular weight excluding hydrogens is 450 g/mol. The molecule has 3 aromatic rings. The average Bonchev–Trinajstić information content (AvgIpc) is 3.04. The number of guanidine groups is 1. The maximum Gasteiger partial charge on any atom is 0.203 e. The van der Waals surface area contributed by atoms with Gasteiger partial charge in [-0.05, 0) is 56.2 Å². The predicted octanol–water partition coefficient (Wildman–Crippen LogP) is 3.16. The van der Waals surface area contributed by atoms with E-state index >= 15 is 0 Å². The molecule has 2 heterocycles. The zero-order chi connectivity index (χ0) is 24.6. The molecule has 0 saturated carbocycles.